The van der Waals surface area contributed by atoms with Gasteiger partial charge in [0.2, 0.25) is 10.0 Å². The molecule has 6 nitrogen and oxygen atoms in total. The van der Waals surface area contributed by atoms with Crippen molar-refractivity contribution in [2.45, 2.75) is 44.7 Å². The molecule has 0 heterocycles. The van der Waals surface area contributed by atoms with E-state index >= 15 is 0 Å². The molecule has 0 aliphatic heterocycles. The molecular formula is C22H31ClFN3O3S. The summed E-state index contributed by atoms with van der Waals surface area (Å²) < 4.78 is 39.7. The summed E-state index contributed by atoms with van der Waals surface area (Å²) in [5.41, 5.74) is 1.62. The number of carbonyl (C=O) groups is 1. The summed E-state index contributed by atoms with van der Waals surface area (Å²) in [4.78, 5) is 14.4. The average molecular weight is 472 g/mol. The Morgan fingerprint density at radius 3 is 1.94 bits per heavy atom. The lowest BCUT2D eigenvalue weighted by Gasteiger charge is -2.27. The van der Waals surface area contributed by atoms with Crippen molar-refractivity contribution in [3.05, 3.63) is 65.5 Å². The van der Waals surface area contributed by atoms with Gasteiger partial charge in [-0.25, -0.2) is 17.6 Å². The van der Waals surface area contributed by atoms with Gasteiger partial charge in [0.05, 0.1) is 17.0 Å². The first-order chi connectivity index (χ1) is 14.1. The summed E-state index contributed by atoms with van der Waals surface area (Å²) in [7, 11) is -1.84. The van der Waals surface area contributed by atoms with E-state index in [1.54, 1.807) is 62.2 Å². The van der Waals surface area contributed by atoms with E-state index in [1.165, 1.54) is 16.4 Å². The fraction of sp³-hybridized carbons (Fsp3) is 0.409. The third kappa shape index (κ3) is 6.41. The highest BCUT2D eigenvalue weighted by atomic mass is 35.5. The van der Waals surface area contributed by atoms with Gasteiger partial charge >= 0.3 is 6.03 Å². The van der Waals surface area contributed by atoms with E-state index in [0.29, 0.717) is 13.1 Å². The van der Waals surface area contributed by atoms with Crippen LogP contribution in [-0.2, 0) is 10.0 Å². The predicted octanol–water partition coefficient (Wildman–Crippen LogP) is 4.74. The second-order valence-corrected chi connectivity index (χ2v) is 9.11. The summed E-state index contributed by atoms with van der Waals surface area (Å²) in [6.45, 7) is 8.12. The van der Waals surface area contributed by atoms with E-state index in [9.17, 15) is 17.6 Å². The highest BCUT2D eigenvalue weighted by molar-refractivity contribution is 7.89. The number of carbonyl (C=O) groups excluding carboxylic acids is 1. The fourth-order valence-electron chi connectivity index (χ4n) is 3.15. The number of nitrogens with zero attached hydrogens (tertiary/aromatic N) is 2. The van der Waals surface area contributed by atoms with Crippen molar-refractivity contribution in [3.8, 4) is 0 Å². The largest absolute Gasteiger partial charge is 0.331 e. The van der Waals surface area contributed by atoms with Gasteiger partial charge in [0.15, 0.2) is 0 Å². The molecule has 0 saturated heterocycles. The maximum Gasteiger partial charge on any atom is 0.318 e. The van der Waals surface area contributed by atoms with Crippen molar-refractivity contribution in [2.24, 2.45) is 0 Å². The Hall–Kier alpha value is -2.16. The minimum absolute atomic E-state index is 0. The zero-order chi connectivity index (χ0) is 22.5. The Kier molecular flexibility index (Phi) is 9.93. The molecule has 0 radical (unpaired) electrons. The van der Waals surface area contributed by atoms with E-state index < -0.39 is 10.0 Å². The van der Waals surface area contributed by atoms with Crippen molar-refractivity contribution in [3.63, 3.8) is 0 Å². The molecule has 0 saturated carbocycles. The van der Waals surface area contributed by atoms with Crippen LogP contribution in [0.15, 0.2) is 53.4 Å². The van der Waals surface area contributed by atoms with Gasteiger partial charge in [0.25, 0.3) is 0 Å². The SMILES string of the molecule is CCN(CC)S(=O)(=O)c1ccc(C(C)NC(=O)N(C)C(C)c2ccc(F)cc2)cc1.Cl. The highest BCUT2D eigenvalue weighted by Gasteiger charge is 2.23. The van der Waals surface area contributed by atoms with E-state index in [-0.39, 0.29) is 41.2 Å². The third-order valence-electron chi connectivity index (χ3n) is 5.32. The van der Waals surface area contributed by atoms with Crippen LogP contribution in [0.4, 0.5) is 9.18 Å². The zero-order valence-corrected chi connectivity index (χ0v) is 20.1. The molecule has 0 fully saturated rings. The molecule has 172 valence electrons. The standard InChI is InChI=1S/C22H30FN3O3S.ClH/c1-6-26(7-2)30(28,29)21-14-10-18(11-15-21)16(3)24-22(27)25(5)17(4)19-8-12-20(23)13-9-19;/h8-17H,6-7H2,1-5H3,(H,24,27);1H. The molecule has 0 bridgehead atoms. The lowest BCUT2D eigenvalue weighted by atomic mass is 10.1. The fourth-order valence-corrected chi connectivity index (χ4v) is 4.61. The molecular weight excluding hydrogens is 441 g/mol. The van der Waals surface area contributed by atoms with Crippen molar-refractivity contribution < 1.29 is 17.6 Å². The maximum atomic E-state index is 13.1. The summed E-state index contributed by atoms with van der Waals surface area (Å²) >= 11 is 0. The molecule has 2 atom stereocenters. The quantitative estimate of drug-likeness (QED) is 0.604. The van der Waals surface area contributed by atoms with E-state index in [1.807, 2.05) is 13.8 Å². The van der Waals surface area contributed by atoms with Crippen LogP contribution in [0.1, 0.15) is 50.9 Å². The van der Waals surface area contributed by atoms with Crippen LogP contribution in [0.25, 0.3) is 0 Å². The van der Waals surface area contributed by atoms with Crippen LogP contribution >= 0.6 is 12.4 Å². The van der Waals surface area contributed by atoms with Gasteiger partial charge in [0.1, 0.15) is 5.82 Å². The zero-order valence-electron chi connectivity index (χ0n) is 18.5. The Bertz CT molecular complexity index is 949. The van der Waals surface area contributed by atoms with Gasteiger partial charge < -0.3 is 10.2 Å². The molecule has 0 spiro atoms. The molecule has 9 heteroatoms. The lowest BCUT2D eigenvalue weighted by Crippen LogP contribution is -2.40. The Balaban J connectivity index is 0.00000480. The van der Waals surface area contributed by atoms with Crippen molar-refractivity contribution in [1.29, 1.82) is 0 Å². The van der Waals surface area contributed by atoms with Gasteiger partial charge in [-0.2, -0.15) is 4.31 Å². The number of amides is 2. The average Bonchev–Trinajstić information content (AvgIpc) is 2.73. The van der Waals surface area contributed by atoms with Crippen LogP contribution in [0.3, 0.4) is 0 Å². The third-order valence-corrected chi connectivity index (χ3v) is 7.38. The Morgan fingerprint density at radius 1 is 0.968 bits per heavy atom. The highest BCUT2D eigenvalue weighted by Crippen LogP contribution is 2.22. The molecule has 2 aromatic rings. The van der Waals surface area contributed by atoms with E-state index in [4.69, 9.17) is 0 Å². The molecule has 2 aromatic carbocycles. The smallest absolute Gasteiger partial charge is 0.318 e. The number of hydrogen-bond donors (Lipinski definition) is 1. The first-order valence-corrected chi connectivity index (χ1v) is 11.4. The molecule has 2 unspecified atom stereocenters. The topological polar surface area (TPSA) is 69.7 Å². The summed E-state index contributed by atoms with van der Waals surface area (Å²) in [5.74, 6) is -0.321. The minimum Gasteiger partial charge on any atom is -0.331 e. The van der Waals surface area contributed by atoms with Gasteiger partial charge in [-0.15, -0.1) is 12.4 Å². The number of urea groups is 1. The predicted molar refractivity (Wildman–Crippen MR) is 123 cm³/mol. The second kappa shape index (κ2) is 11.5. The molecule has 0 aromatic heterocycles. The van der Waals surface area contributed by atoms with Gasteiger partial charge in [-0.1, -0.05) is 38.1 Å². The number of benzene rings is 2. The first-order valence-electron chi connectivity index (χ1n) is 10.0. The number of nitrogens with one attached hydrogen (secondary N) is 1. The molecule has 0 aliphatic carbocycles. The van der Waals surface area contributed by atoms with Crippen LogP contribution in [0.2, 0.25) is 0 Å². The number of hydrogen-bond acceptors (Lipinski definition) is 3. The summed E-state index contributed by atoms with van der Waals surface area (Å²) in [6, 6.07) is 11.8. The van der Waals surface area contributed by atoms with E-state index in [0.717, 1.165) is 11.1 Å². The van der Waals surface area contributed by atoms with Gasteiger partial charge in [-0.3, -0.25) is 0 Å². The monoisotopic (exact) mass is 471 g/mol. The van der Waals surface area contributed by atoms with Crippen LogP contribution in [-0.4, -0.2) is 43.8 Å². The first kappa shape index (κ1) is 26.9. The van der Waals surface area contributed by atoms with Crippen LogP contribution in [0, 0.1) is 5.82 Å². The maximum absolute atomic E-state index is 13.1. The number of rotatable bonds is 8. The second-order valence-electron chi connectivity index (χ2n) is 7.17. The Morgan fingerprint density at radius 2 is 1.45 bits per heavy atom. The molecule has 2 rings (SSSR count). The van der Waals surface area contributed by atoms with E-state index in [2.05, 4.69) is 5.32 Å². The van der Waals surface area contributed by atoms with Gasteiger partial charge in [0, 0.05) is 20.1 Å². The van der Waals surface area contributed by atoms with Crippen molar-refractivity contribution >= 4 is 28.5 Å². The van der Waals surface area contributed by atoms with Gasteiger partial charge in [-0.05, 0) is 49.2 Å². The number of halogens is 2. The van der Waals surface area contributed by atoms with Crippen LogP contribution < -0.4 is 5.32 Å². The van der Waals surface area contributed by atoms with Crippen molar-refractivity contribution in [2.75, 3.05) is 20.1 Å². The van der Waals surface area contributed by atoms with Crippen LogP contribution in [0.5, 0.6) is 0 Å². The number of sulfonamides is 1. The summed E-state index contributed by atoms with van der Waals surface area (Å²) in [5, 5.41) is 2.91. The lowest BCUT2D eigenvalue weighted by molar-refractivity contribution is 0.191. The molecule has 31 heavy (non-hydrogen) atoms. The molecule has 0 aliphatic rings. The Labute approximate surface area is 190 Å². The molecule has 2 amide bonds. The minimum atomic E-state index is -3.51. The van der Waals surface area contributed by atoms with Crippen molar-refractivity contribution in [1.82, 2.24) is 14.5 Å². The normalized spacial score (nSPS) is 13.3. The summed E-state index contributed by atoms with van der Waals surface area (Å²) in [6.07, 6.45) is 0. The molecule has 1 N–H and O–H groups in total.